The van der Waals surface area contributed by atoms with Crippen molar-refractivity contribution in [3.63, 3.8) is 0 Å². The fourth-order valence-corrected chi connectivity index (χ4v) is 4.28. The van der Waals surface area contributed by atoms with Gasteiger partial charge in [-0.3, -0.25) is 14.4 Å². The molecule has 1 aliphatic carbocycles. The molecule has 1 unspecified atom stereocenters. The zero-order valence-corrected chi connectivity index (χ0v) is 17.8. The first kappa shape index (κ1) is 21.1. The summed E-state index contributed by atoms with van der Waals surface area (Å²) >= 11 is 1.15. The third kappa shape index (κ3) is 5.13. The molecule has 0 radical (unpaired) electrons. The van der Waals surface area contributed by atoms with Gasteiger partial charge in [-0.25, -0.2) is 8.78 Å². The number of nitrogens with zero attached hydrogens (tertiary/aromatic N) is 1. The average molecular weight is 433 g/mol. The Morgan fingerprint density at radius 3 is 2.67 bits per heavy atom. The van der Waals surface area contributed by atoms with Crippen LogP contribution in [0.15, 0.2) is 36.4 Å². The molecule has 1 N–H and O–H groups in total. The number of ether oxygens (including phenoxy) is 1. The van der Waals surface area contributed by atoms with Crippen molar-refractivity contribution in [2.45, 2.75) is 44.2 Å². The minimum atomic E-state index is -0.556. The molecule has 1 saturated carbocycles. The van der Waals surface area contributed by atoms with Crippen molar-refractivity contribution < 1.29 is 18.3 Å². The summed E-state index contributed by atoms with van der Waals surface area (Å²) < 4.78 is 36.6. The first-order chi connectivity index (χ1) is 14.5. The smallest absolute Gasteiger partial charge is 0.264 e. The van der Waals surface area contributed by atoms with E-state index in [9.17, 15) is 13.6 Å². The molecule has 4 rings (SSSR count). The van der Waals surface area contributed by atoms with E-state index in [-0.39, 0.29) is 17.5 Å². The van der Waals surface area contributed by atoms with Crippen molar-refractivity contribution in [1.82, 2.24) is 9.62 Å². The number of carbonyl (C=O) groups is 1. The summed E-state index contributed by atoms with van der Waals surface area (Å²) in [6.07, 6.45) is 5.65. The predicted octanol–water partition coefficient (Wildman–Crippen LogP) is 4.89. The number of piperidine rings is 1. The van der Waals surface area contributed by atoms with Gasteiger partial charge in [0, 0.05) is 25.4 Å². The highest BCUT2D eigenvalue weighted by Crippen LogP contribution is 2.45. The molecule has 0 aromatic heterocycles. The summed E-state index contributed by atoms with van der Waals surface area (Å²) in [6.45, 7) is 2.42. The molecule has 2 aromatic carbocycles. The standard InChI is InChI=1S/C23H26F2N2O2S/c1-30-26-23(28)20-11-19(16-6-7-16)22(12-21(20)25)29-18-3-2-10-27(14-18)13-15-4-8-17(24)9-5-15/h4-5,8-9,11-12,16,18H,2-3,6-7,10,13-14H2,1H3,(H,26,28). The Balaban J connectivity index is 1.47. The van der Waals surface area contributed by atoms with Crippen molar-refractivity contribution in [2.24, 2.45) is 0 Å². The van der Waals surface area contributed by atoms with Gasteiger partial charge in [0.1, 0.15) is 23.5 Å². The lowest BCUT2D eigenvalue weighted by molar-refractivity contribution is 0.0832. The maximum Gasteiger partial charge on any atom is 0.264 e. The van der Waals surface area contributed by atoms with Gasteiger partial charge in [0.15, 0.2) is 0 Å². The molecule has 7 heteroatoms. The van der Waals surface area contributed by atoms with Crippen LogP contribution < -0.4 is 9.46 Å². The van der Waals surface area contributed by atoms with Crippen LogP contribution in [0.5, 0.6) is 5.75 Å². The summed E-state index contributed by atoms with van der Waals surface area (Å²) in [6, 6.07) is 9.60. The molecule has 30 heavy (non-hydrogen) atoms. The van der Waals surface area contributed by atoms with E-state index in [4.69, 9.17) is 4.74 Å². The Kier molecular flexibility index (Phi) is 6.58. The Labute approximate surface area is 180 Å². The van der Waals surface area contributed by atoms with Crippen molar-refractivity contribution in [3.05, 3.63) is 64.7 Å². The van der Waals surface area contributed by atoms with Crippen LogP contribution in [0.3, 0.4) is 0 Å². The second kappa shape index (κ2) is 9.35. The summed E-state index contributed by atoms with van der Waals surface area (Å²) in [5, 5.41) is 0. The maximum atomic E-state index is 14.6. The van der Waals surface area contributed by atoms with Crippen molar-refractivity contribution >= 4 is 17.9 Å². The molecule has 1 heterocycles. The van der Waals surface area contributed by atoms with E-state index < -0.39 is 11.7 Å². The quantitative estimate of drug-likeness (QED) is 0.633. The number of amides is 1. The Hall–Kier alpha value is -2.12. The highest BCUT2D eigenvalue weighted by atomic mass is 32.2. The molecule has 2 aromatic rings. The SMILES string of the molecule is CSNC(=O)c1cc(C2CC2)c(OC2CCCN(Cc3ccc(F)cc3)C2)cc1F. The van der Waals surface area contributed by atoms with Crippen LogP contribution in [0, 0.1) is 11.6 Å². The average Bonchev–Trinajstić information content (AvgIpc) is 3.55. The van der Waals surface area contributed by atoms with E-state index in [0.717, 1.165) is 68.4 Å². The van der Waals surface area contributed by atoms with E-state index in [2.05, 4.69) is 9.62 Å². The van der Waals surface area contributed by atoms with E-state index in [0.29, 0.717) is 11.7 Å². The number of hydrogen-bond acceptors (Lipinski definition) is 4. The van der Waals surface area contributed by atoms with Crippen LogP contribution in [0.25, 0.3) is 0 Å². The summed E-state index contributed by atoms with van der Waals surface area (Å²) in [7, 11) is 0. The molecular weight excluding hydrogens is 406 g/mol. The van der Waals surface area contributed by atoms with Gasteiger partial charge in [0.25, 0.3) is 5.91 Å². The third-order valence-electron chi connectivity index (χ3n) is 5.63. The maximum absolute atomic E-state index is 14.6. The lowest BCUT2D eigenvalue weighted by Gasteiger charge is -2.33. The molecule has 2 aliphatic rings. The molecule has 4 nitrogen and oxygen atoms in total. The number of rotatable bonds is 7. The molecule has 1 saturated heterocycles. The second-order valence-corrected chi connectivity index (χ2v) is 8.64. The lowest BCUT2D eigenvalue weighted by atomic mass is 10.0. The van der Waals surface area contributed by atoms with Gasteiger partial charge >= 0.3 is 0 Å². The van der Waals surface area contributed by atoms with Crippen LogP contribution >= 0.6 is 11.9 Å². The predicted molar refractivity (Wildman–Crippen MR) is 115 cm³/mol. The minimum Gasteiger partial charge on any atom is -0.489 e. The van der Waals surface area contributed by atoms with E-state index in [1.807, 2.05) is 0 Å². The number of hydrogen-bond donors (Lipinski definition) is 1. The molecule has 2 fully saturated rings. The highest BCUT2D eigenvalue weighted by molar-refractivity contribution is 7.97. The van der Waals surface area contributed by atoms with E-state index in [1.54, 1.807) is 24.5 Å². The molecule has 160 valence electrons. The fourth-order valence-electron chi connectivity index (χ4n) is 3.99. The highest BCUT2D eigenvalue weighted by Gasteiger charge is 2.31. The van der Waals surface area contributed by atoms with Crippen molar-refractivity contribution in [1.29, 1.82) is 0 Å². The third-order valence-corrected chi connectivity index (χ3v) is 6.02. The zero-order valence-electron chi connectivity index (χ0n) is 17.0. The van der Waals surface area contributed by atoms with Gasteiger partial charge in [-0.05, 0) is 67.5 Å². The number of likely N-dealkylation sites (tertiary alicyclic amines) is 1. The Morgan fingerprint density at radius 1 is 1.20 bits per heavy atom. The minimum absolute atomic E-state index is 0.0398. The monoisotopic (exact) mass is 432 g/mol. The van der Waals surface area contributed by atoms with Gasteiger partial charge in [-0.1, -0.05) is 24.1 Å². The van der Waals surface area contributed by atoms with Crippen LogP contribution in [0.2, 0.25) is 0 Å². The topological polar surface area (TPSA) is 41.6 Å². The number of halogens is 2. The first-order valence-corrected chi connectivity index (χ1v) is 11.6. The summed E-state index contributed by atoms with van der Waals surface area (Å²) in [4.78, 5) is 14.4. The second-order valence-electron chi connectivity index (χ2n) is 8.02. The van der Waals surface area contributed by atoms with Gasteiger partial charge in [-0.2, -0.15) is 0 Å². The Morgan fingerprint density at radius 2 is 1.97 bits per heavy atom. The van der Waals surface area contributed by atoms with Crippen LogP contribution in [-0.4, -0.2) is 36.3 Å². The molecule has 1 aliphatic heterocycles. The number of benzene rings is 2. The van der Waals surface area contributed by atoms with Gasteiger partial charge in [0.05, 0.1) is 5.56 Å². The van der Waals surface area contributed by atoms with Gasteiger partial charge in [0.2, 0.25) is 0 Å². The first-order valence-electron chi connectivity index (χ1n) is 10.3. The zero-order chi connectivity index (χ0) is 21.1. The number of nitrogens with one attached hydrogen (secondary N) is 1. The van der Waals surface area contributed by atoms with E-state index >= 15 is 0 Å². The van der Waals surface area contributed by atoms with Crippen molar-refractivity contribution in [3.8, 4) is 5.75 Å². The van der Waals surface area contributed by atoms with Gasteiger partial charge in [-0.15, -0.1) is 0 Å². The van der Waals surface area contributed by atoms with Gasteiger partial charge < -0.3 is 4.74 Å². The van der Waals surface area contributed by atoms with Crippen LogP contribution in [-0.2, 0) is 6.54 Å². The Bertz CT molecular complexity index is 903. The molecular formula is C23H26F2N2O2S. The summed E-state index contributed by atoms with van der Waals surface area (Å²) in [5.74, 6) is -0.316. The summed E-state index contributed by atoms with van der Waals surface area (Å²) in [5.41, 5.74) is 2.06. The normalized spacial score (nSPS) is 19.5. The molecule has 1 amide bonds. The van der Waals surface area contributed by atoms with Crippen LogP contribution in [0.1, 0.15) is 53.1 Å². The van der Waals surface area contributed by atoms with E-state index in [1.165, 1.54) is 18.2 Å². The lowest BCUT2D eigenvalue weighted by Crippen LogP contribution is -2.40. The molecule has 0 spiro atoms. The fraction of sp³-hybridized carbons (Fsp3) is 0.435. The molecule has 0 bridgehead atoms. The van der Waals surface area contributed by atoms with Crippen LogP contribution in [0.4, 0.5) is 8.78 Å². The molecule has 1 atom stereocenters. The largest absolute Gasteiger partial charge is 0.489 e. The van der Waals surface area contributed by atoms with Crippen molar-refractivity contribution in [2.75, 3.05) is 19.3 Å². The number of carbonyl (C=O) groups excluding carboxylic acids is 1.